The second-order valence-electron chi connectivity index (χ2n) is 7.53. The first-order valence-electron chi connectivity index (χ1n) is 9.00. The number of allylic oxidation sites excluding steroid dienone is 3. The molecule has 0 bridgehead atoms. The molecule has 4 aliphatic rings. The van der Waals surface area contributed by atoms with E-state index in [4.69, 9.17) is 9.73 Å². The van der Waals surface area contributed by atoms with Crippen molar-refractivity contribution in [3.05, 3.63) is 24.8 Å². The molecule has 2 saturated heterocycles. The fraction of sp³-hybridized carbons (Fsp3) is 0.737. The Labute approximate surface area is 133 Å². The van der Waals surface area contributed by atoms with Crippen LogP contribution in [-0.4, -0.2) is 32.1 Å². The molecule has 7 atom stereocenters. The van der Waals surface area contributed by atoms with Gasteiger partial charge in [0, 0.05) is 31.9 Å². The molecule has 3 nitrogen and oxygen atoms in total. The van der Waals surface area contributed by atoms with Gasteiger partial charge in [-0.3, -0.25) is 10.3 Å². The third-order valence-electron chi connectivity index (χ3n) is 6.36. The van der Waals surface area contributed by atoms with Crippen LogP contribution in [-0.2, 0) is 4.74 Å². The minimum Gasteiger partial charge on any atom is -0.381 e. The van der Waals surface area contributed by atoms with Crippen LogP contribution in [0.5, 0.6) is 0 Å². The molecule has 120 valence electrons. The van der Waals surface area contributed by atoms with Crippen molar-refractivity contribution in [2.24, 2.45) is 40.5 Å². The summed E-state index contributed by atoms with van der Waals surface area (Å²) in [7, 11) is 0. The van der Waals surface area contributed by atoms with Crippen molar-refractivity contribution >= 4 is 6.21 Å². The van der Waals surface area contributed by atoms with Crippen LogP contribution >= 0.6 is 0 Å². The fourth-order valence-corrected chi connectivity index (χ4v) is 4.95. The molecule has 0 amide bonds. The van der Waals surface area contributed by atoms with E-state index in [1.807, 2.05) is 0 Å². The number of nitrogens with one attached hydrogen (secondary N) is 1. The SMILES string of the molecule is C=CC1C=CC(C2C=NC3NCC(C4CCOC4)C3C2)CC1. The van der Waals surface area contributed by atoms with Crippen molar-refractivity contribution in [2.45, 2.75) is 31.8 Å². The number of aliphatic imine (C=N–C) groups is 1. The monoisotopic (exact) mass is 300 g/mol. The molecule has 0 saturated carbocycles. The zero-order valence-electron chi connectivity index (χ0n) is 13.4. The zero-order chi connectivity index (χ0) is 14.9. The summed E-state index contributed by atoms with van der Waals surface area (Å²) in [6, 6.07) is 0. The molecule has 0 aromatic heterocycles. The van der Waals surface area contributed by atoms with E-state index in [9.17, 15) is 0 Å². The van der Waals surface area contributed by atoms with Crippen molar-refractivity contribution in [3.8, 4) is 0 Å². The molecular weight excluding hydrogens is 272 g/mol. The highest BCUT2D eigenvalue weighted by atomic mass is 16.5. The maximum atomic E-state index is 5.63. The van der Waals surface area contributed by atoms with E-state index in [0.29, 0.717) is 29.8 Å². The van der Waals surface area contributed by atoms with Crippen molar-refractivity contribution in [2.75, 3.05) is 19.8 Å². The zero-order valence-corrected chi connectivity index (χ0v) is 13.4. The average molecular weight is 300 g/mol. The third kappa shape index (κ3) is 2.69. The summed E-state index contributed by atoms with van der Waals surface area (Å²) in [6.07, 6.45) is 14.6. The number of hydrogen-bond acceptors (Lipinski definition) is 3. The first kappa shape index (κ1) is 14.6. The maximum absolute atomic E-state index is 5.63. The van der Waals surface area contributed by atoms with Gasteiger partial charge < -0.3 is 4.74 Å². The number of ether oxygens (including phenoxy) is 1. The number of rotatable bonds is 3. The first-order valence-corrected chi connectivity index (χ1v) is 9.00. The van der Waals surface area contributed by atoms with Crippen LogP contribution in [0.1, 0.15) is 25.7 Å². The van der Waals surface area contributed by atoms with Gasteiger partial charge in [0.15, 0.2) is 0 Å². The minimum absolute atomic E-state index is 0.371. The average Bonchev–Trinajstić information content (AvgIpc) is 3.23. The van der Waals surface area contributed by atoms with Crippen molar-refractivity contribution in [1.29, 1.82) is 0 Å². The van der Waals surface area contributed by atoms with E-state index in [-0.39, 0.29) is 0 Å². The topological polar surface area (TPSA) is 33.6 Å². The molecule has 0 spiro atoms. The minimum atomic E-state index is 0.371. The van der Waals surface area contributed by atoms with Gasteiger partial charge in [-0.2, -0.15) is 0 Å². The summed E-state index contributed by atoms with van der Waals surface area (Å²) in [6.45, 7) is 6.98. The maximum Gasteiger partial charge on any atom is 0.102 e. The molecule has 0 aromatic carbocycles. The largest absolute Gasteiger partial charge is 0.381 e. The molecule has 3 heterocycles. The molecule has 4 rings (SSSR count). The van der Waals surface area contributed by atoms with E-state index >= 15 is 0 Å². The van der Waals surface area contributed by atoms with E-state index in [2.05, 4.69) is 36.3 Å². The molecule has 2 fully saturated rings. The third-order valence-corrected chi connectivity index (χ3v) is 6.36. The van der Waals surface area contributed by atoms with Gasteiger partial charge in [-0.15, -0.1) is 6.58 Å². The lowest BCUT2D eigenvalue weighted by Gasteiger charge is -2.35. The Balaban J connectivity index is 1.44. The summed E-state index contributed by atoms with van der Waals surface area (Å²) < 4.78 is 5.63. The van der Waals surface area contributed by atoms with Crippen LogP contribution in [0.2, 0.25) is 0 Å². The van der Waals surface area contributed by atoms with Gasteiger partial charge in [-0.05, 0) is 55.3 Å². The van der Waals surface area contributed by atoms with Crippen LogP contribution in [0, 0.1) is 35.5 Å². The standard InChI is InChI=1S/C19H28N2O/c1-2-13-3-5-14(6-4-13)16-9-17-18(15-7-8-22-12-15)11-21-19(17)20-10-16/h2-3,5,10,13-19,21H,1,4,6-9,11-12H2. The van der Waals surface area contributed by atoms with Crippen molar-refractivity contribution in [1.82, 2.24) is 5.32 Å². The summed E-state index contributed by atoms with van der Waals surface area (Å²) in [5.41, 5.74) is 0. The highest BCUT2D eigenvalue weighted by Gasteiger charge is 2.44. The summed E-state index contributed by atoms with van der Waals surface area (Å²) in [5, 5.41) is 3.64. The lowest BCUT2D eigenvalue weighted by atomic mass is 9.72. The number of hydrogen-bond donors (Lipinski definition) is 1. The van der Waals surface area contributed by atoms with Gasteiger partial charge in [0.25, 0.3) is 0 Å². The predicted molar refractivity (Wildman–Crippen MR) is 89.8 cm³/mol. The van der Waals surface area contributed by atoms with Crippen LogP contribution < -0.4 is 5.32 Å². The van der Waals surface area contributed by atoms with Crippen LogP contribution in [0.3, 0.4) is 0 Å². The molecule has 22 heavy (non-hydrogen) atoms. The molecule has 1 N–H and O–H groups in total. The highest BCUT2D eigenvalue weighted by Crippen LogP contribution is 2.42. The van der Waals surface area contributed by atoms with E-state index < -0.39 is 0 Å². The van der Waals surface area contributed by atoms with E-state index in [0.717, 1.165) is 31.6 Å². The molecule has 1 aliphatic carbocycles. The Morgan fingerprint density at radius 1 is 1.14 bits per heavy atom. The van der Waals surface area contributed by atoms with Crippen LogP contribution in [0.25, 0.3) is 0 Å². The smallest absolute Gasteiger partial charge is 0.102 e. The van der Waals surface area contributed by atoms with Crippen LogP contribution in [0.15, 0.2) is 29.8 Å². The predicted octanol–water partition coefficient (Wildman–Crippen LogP) is 3.04. The van der Waals surface area contributed by atoms with Crippen molar-refractivity contribution < 1.29 is 4.74 Å². The molecule has 3 aliphatic heterocycles. The van der Waals surface area contributed by atoms with Crippen molar-refractivity contribution in [3.63, 3.8) is 0 Å². The molecule has 7 unspecified atom stereocenters. The molecular formula is C19H28N2O. The summed E-state index contributed by atoms with van der Waals surface area (Å²) in [4.78, 5) is 4.88. The van der Waals surface area contributed by atoms with Gasteiger partial charge in [-0.1, -0.05) is 18.2 Å². The van der Waals surface area contributed by atoms with Gasteiger partial charge in [0.05, 0.1) is 0 Å². The summed E-state index contributed by atoms with van der Waals surface area (Å²) >= 11 is 0. The first-order chi connectivity index (χ1) is 10.8. The second-order valence-corrected chi connectivity index (χ2v) is 7.53. The lowest BCUT2D eigenvalue weighted by molar-refractivity contribution is 0.154. The lowest BCUT2D eigenvalue weighted by Crippen LogP contribution is -2.35. The quantitative estimate of drug-likeness (QED) is 0.813. The van der Waals surface area contributed by atoms with E-state index in [1.165, 1.54) is 25.7 Å². The fourth-order valence-electron chi connectivity index (χ4n) is 4.95. The van der Waals surface area contributed by atoms with Gasteiger partial charge in [0.1, 0.15) is 6.17 Å². The highest BCUT2D eigenvalue weighted by molar-refractivity contribution is 5.63. The molecule has 0 aromatic rings. The second kappa shape index (κ2) is 6.29. The molecule has 3 heteroatoms. The van der Waals surface area contributed by atoms with Gasteiger partial charge in [0.2, 0.25) is 0 Å². The normalized spacial score (nSPS) is 47.5. The Morgan fingerprint density at radius 3 is 2.82 bits per heavy atom. The van der Waals surface area contributed by atoms with E-state index in [1.54, 1.807) is 0 Å². The van der Waals surface area contributed by atoms with Gasteiger partial charge in [-0.25, -0.2) is 0 Å². The van der Waals surface area contributed by atoms with Gasteiger partial charge >= 0.3 is 0 Å². The molecule has 0 radical (unpaired) electrons. The van der Waals surface area contributed by atoms with Crippen LogP contribution in [0.4, 0.5) is 0 Å². The Hall–Kier alpha value is -0.930. The number of nitrogens with zero attached hydrogens (tertiary/aromatic N) is 1. The Morgan fingerprint density at radius 2 is 2.09 bits per heavy atom. The number of fused-ring (bicyclic) bond motifs is 1. The Kier molecular flexibility index (Phi) is 4.19. The summed E-state index contributed by atoms with van der Waals surface area (Å²) in [5.74, 6) is 4.13. The Bertz CT molecular complexity index is 466.